The quantitative estimate of drug-likeness (QED) is 0.422. The van der Waals surface area contributed by atoms with Crippen LogP contribution >= 0.6 is 11.8 Å². The van der Waals surface area contributed by atoms with Gasteiger partial charge in [0.2, 0.25) is 0 Å². The average molecular weight is 438 g/mol. The first-order valence-corrected chi connectivity index (χ1v) is 10.6. The minimum atomic E-state index is -0.459. The maximum absolute atomic E-state index is 13.5. The summed E-state index contributed by atoms with van der Waals surface area (Å²) in [6.07, 6.45) is 0.168. The zero-order valence-corrected chi connectivity index (χ0v) is 17.8. The minimum Gasteiger partial charge on any atom is -0.462 e. The van der Waals surface area contributed by atoms with E-state index < -0.39 is 5.97 Å². The lowest BCUT2D eigenvalue weighted by Crippen LogP contribution is -2.16. The van der Waals surface area contributed by atoms with Crippen molar-refractivity contribution in [2.75, 3.05) is 12.4 Å². The van der Waals surface area contributed by atoms with Gasteiger partial charge in [-0.25, -0.2) is 9.18 Å². The van der Waals surface area contributed by atoms with Crippen LogP contribution in [0.3, 0.4) is 0 Å². The smallest absolute Gasteiger partial charge is 0.338 e. The van der Waals surface area contributed by atoms with Gasteiger partial charge in [-0.05, 0) is 37.3 Å². The number of carbonyl (C=O) groups excluding carboxylic acids is 2. The van der Waals surface area contributed by atoms with E-state index in [9.17, 15) is 14.0 Å². The molecule has 0 fully saturated rings. The van der Waals surface area contributed by atoms with Crippen LogP contribution in [0.25, 0.3) is 11.4 Å². The lowest BCUT2D eigenvalue weighted by atomic mass is 9.98. The maximum Gasteiger partial charge on any atom is 0.338 e. The van der Waals surface area contributed by atoms with E-state index in [1.807, 2.05) is 7.05 Å². The van der Waals surface area contributed by atoms with Gasteiger partial charge in [-0.2, -0.15) is 0 Å². The molecule has 1 aromatic heterocycles. The van der Waals surface area contributed by atoms with E-state index in [2.05, 4.69) is 15.2 Å². The van der Waals surface area contributed by atoms with E-state index >= 15 is 0 Å². The Labute approximate surface area is 182 Å². The molecule has 2 heterocycles. The third-order valence-corrected chi connectivity index (χ3v) is 5.83. The lowest BCUT2D eigenvalue weighted by molar-refractivity contribution is 0.0526. The Morgan fingerprint density at radius 3 is 2.84 bits per heavy atom. The first kappa shape index (κ1) is 20.9. The fourth-order valence-corrected chi connectivity index (χ4v) is 4.08. The van der Waals surface area contributed by atoms with Gasteiger partial charge < -0.3 is 9.30 Å². The van der Waals surface area contributed by atoms with Crippen LogP contribution in [0.2, 0.25) is 0 Å². The summed E-state index contributed by atoms with van der Waals surface area (Å²) in [5.41, 5.74) is 2.65. The number of aromatic nitrogens is 3. The number of Topliss-reactive ketones (excluding diaryl/α,β-unsaturated/α-hetero) is 1. The lowest BCUT2D eigenvalue weighted by Gasteiger charge is -2.15. The van der Waals surface area contributed by atoms with Crippen molar-refractivity contribution in [1.29, 1.82) is 0 Å². The van der Waals surface area contributed by atoms with Gasteiger partial charge in [-0.15, -0.1) is 10.2 Å². The van der Waals surface area contributed by atoms with E-state index in [0.717, 1.165) is 0 Å². The van der Waals surface area contributed by atoms with Gasteiger partial charge in [-0.3, -0.25) is 9.79 Å². The second kappa shape index (κ2) is 8.81. The number of carbonyl (C=O) groups is 2. The van der Waals surface area contributed by atoms with Crippen molar-refractivity contribution in [2.45, 2.75) is 18.5 Å². The summed E-state index contributed by atoms with van der Waals surface area (Å²) >= 11 is 1.40. The Balaban J connectivity index is 1.50. The highest BCUT2D eigenvalue weighted by Crippen LogP contribution is 2.30. The molecular weight excluding hydrogens is 419 g/mol. The number of esters is 1. The Hall–Kier alpha value is -3.33. The van der Waals surface area contributed by atoms with Crippen LogP contribution in [0.15, 0.2) is 52.6 Å². The molecule has 0 saturated carbocycles. The number of nitrogens with zero attached hydrogens (tertiary/aromatic N) is 4. The molecule has 0 bridgehead atoms. The molecule has 0 atom stereocenters. The zero-order valence-electron chi connectivity index (χ0n) is 17.0. The molecule has 0 unspecified atom stereocenters. The number of thioether (sulfide) groups is 1. The highest BCUT2D eigenvalue weighted by molar-refractivity contribution is 7.99. The number of rotatable bonds is 6. The molecule has 0 saturated heterocycles. The molecule has 0 N–H and O–H groups in total. The molecule has 4 rings (SSSR count). The topological polar surface area (TPSA) is 86.4 Å². The molecule has 158 valence electrons. The number of halogens is 1. The van der Waals surface area contributed by atoms with E-state index in [-0.39, 0.29) is 24.6 Å². The van der Waals surface area contributed by atoms with E-state index in [0.29, 0.717) is 44.8 Å². The Bertz CT molecular complexity index is 1210. The van der Waals surface area contributed by atoms with Crippen molar-refractivity contribution in [3.63, 3.8) is 0 Å². The molecule has 3 aromatic rings. The first-order chi connectivity index (χ1) is 15.0. The number of ether oxygens (including phenoxy) is 1. The molecule has 1 aliphatic rings. The maximum atomic E-state index is 13.5. The molecule has 9 heteroatoms. The highest BCUT2D eigenvalue weighted by Gasteiger charge is 2.23. The van der Waals surface area contributed by atoms with Crippen LogP contribution in [0.1, 0.15) is 34.1 Å². The predicted octanol–water partition coefficient (Wildman–Crippen LogP) is 4.25. The summed E-state index contributed by atoms with van der Waals surface area (Å²) in [5, 5.41) is 8.97. The molecule has 0 aliphatic carbocycles. The third-order valence-electron chi connectivity index (χ3n) is 4.74. The fraction of sp³-hybridized carbons (Fsp3) is 0.227. The molecule has 31 heavy (non-hydrogen) atoms. The van der Waals surface area contributed by atoms with Crippen molar-refractivity contribution in [3.05, 3.63) is 59.4 Å². The van der Waals surface area contributed by atoms with Crippen molar-refractivity contribution >= 4 is 34.9 Å². The van der Waals surface area contributed by atoms with Crippen LogP contribution in [0, 0.1) is 5.82 Å². The molecule has 0 spiro atoms. The van der Waals surface area contributed by atoms with Crippen LogP contribution in [0.5, 0.6) is 0 Å². The minimum absolute atomic E-state index is 0.0924. The van der Waals surface area contributed by atoms with Crippen LogP contribution in [-0.2, 0) is 11.8 Å². The Kier molecular flexibility index (Phi) is 5.94. The van der Waals surface area contributed by atoms with Crippen LogP contribution in [-0.4, -0.2) is 44.6 Å². The second-order valence-corrected chi connectivity index (χ2v) is 7.84. The Morgan fingerprint density at radius 2 is 2.06 bits per heavy atom. The van der Waals surface area contributed by atoms with E-state index in [4.69, 9.17) is 4.74 Å². The first-order valence-electron chi connectivity index (χ1n) is 9.65. The standard InChI is InChI=1S/C22H19FN4O3S/c1-3-30-21(29)14-7-8-18-17(10-14)19(28)11-16(24-18)12-31-22-26-25-20(27(22)2)13-5-4-6-15(23)9-13/h4-10H,3,11-12H2,1-2H3. The van der Waals surface area contributed by atoms with Crippen LogP contribution < -0.4 is 0 Å². The second-order valence-electron chi connectivity index (χ2n) is 6.89. The fourth-order valence-electron chi connectivity index (χ4n) is 3.24. The van der Waals surface area contributed by atoms with Gasteiger partial charge in [0.1, 0.15) is 5.82 Å². The number of aliphatic imine (C=N–C) groups is 1. The number of ketones is 1. The number of hydrogen-bond donors (Lipinski definition) is 0. The van der Waals surface area contributed by atoms with Gasteiger partial charge in [0.25, 0.3) is 0 Å². The summed E-state index contributed by atoms with van der Waals surface area (Å²) in [6.45, 7) is 2.00. The van der Waals surface area contributed by atoms with Crippen molar-refractivity contribution in [2.24, 2.45) is 12.0 Å². The number of hydrogen-bond acceptors (Lipinski definition) is 7. The summed E-state index contributed by atoms with van der Waals surface area (Å²) in [4.78, 5) is 29.1. The molecular formula is C22H19FN4O3S. The normalized spacial score (nSPS) is 13.0. The van der Waals surface area contributed by atoms with E-state index in [1.165, 1.54) is 30.0 Å². The summed E-state index contributed by atoms with van der Waals surface area (Å²) in [5.74, 6) is 0.125. The van der Waals surface area contributed by atoms with Crippen molar-refractivity contribution < 1.29 is 18.7 Å². The predicted molar refractivity (Wildman–Crippen MR) is 116 cm³/mol. The number of benzene rings is 2. The summed E-state index contributed by atoms with van der Waals surface area (Å²) in [6, 6.07) is 11.0. The summed E-state index contributed by atoms with van der Waals surface area (Å²) < 4.78 is 20.3. The SMILES string of the molecule is CCOC(=O)c1ccc2c(c1)C(=O)CC(CSc1nnc(-c3cccc(F)c3)n1C)=N2. The van der Waals surface area contributed by atoms with Crippen molar-refractivity contribution in [3.8, 4) is 11.4 Å². The number of fused-ring (bicyclic) bond motifs is 1. The monoisotopic (exact) mass is 438 g/mol. The average Bonchev–Trinajstić information content (AvgIpc) is 3.12. The van der Waals surface area contributed by atoms with Gasteiger partial charge in [-0.1, -0.05) is 23.9 Å². The van der Waals surface area contributed by atoms with Gasteiger partial charge in [0, 0.05) is 29.6 Å². The Morgan fingerprint density at radius 1 is 1.23 bits per heavy atom. The highest BCUT2D eigenvalue weighted by atomic mass is 32.2. The molecule has 0 amide bonds. The molecule has 1 aliphatic heterocycles. The van der Waals surface area contributed by atoms with Gasteiger partial charge in [0.15, 0.2) is 16.8 Å². The van der Waals surface area contributed by atoms with Crippen molar-refractivity contribution in [1.82, 2.24) is 14.8 Å². The van der Waals surface area contributed by atoms with E-state index in [1.54, 1.807) is 35.8 Å². The zero-order chi connectivity index (χ0) is 22.0. The third kappa shape index (κ3) is 4.41. The van der Waals surface area contributed by atoms with Gasteiger partial charge in [0.05, 0.1) is 24.3 Å². The molecule has 0 radical (unpaired) electrons. The summed E-state index contributed by atoms with van der Waals surface area (Å²) in [7, 11) is 1.81. The molecule has 2 aromatic carbocycles. The molecule has 7 nitrogen and oxygen atoms in total. The largest absolute Gasteiger partial charge is 0.462 e. The van der Waals surface area contributed by atoms with Crippen LogP contribution in [0.4, 0.5) is 10.1 Å². The van der Waals surface area contributed by atoms with Gasteiger partial charge >= 0.3 is 5.97 Å².